The van der Waals surface area contributed by atoms with Crippen molar-refractivity contribution in [1.29, 1.82) is 0 Å². The van der Waals surface area contributed by atoms with Gasteiger partial charge in [0.25, 0.3) is 0 Å². The van der Waals surface area contributed by atoms with Crippen LogP contribution in [0, 0.1) is 7.14 Å². The van der Waals surface area contributed by atoms with Gasteiger partial charge < -0.3 is 9.47 Å². The van der Waals surface area contributed by atoms with Crippen LogP contribution in [0.5, 0.6) is 11.5 Å². The minimum Gasteiger partial charge on any atom is -0.489 e. The molecule has 0 saturated heterocycles. The Bertz CT molecular complexity index is 421. The fourth-order valence-electron chi connectivity index (χ4n) is 3.07. The van der Waals surface area contributed by atoms with Crippen molar-refractivity contribution in [2.24, 2.45) is 0 Å². The van der Waals surface area contributed by atoms with E-state index in [0.717, 1.165) is 11.5 Å². The van der Waals surface area contributed by atoms with E-state index in [4.69, 9.17) is 9.47 Å². The molecule has 1 aromatic rings. The Hall–Kier alpha value is 0.280. The van der Waals surface area contributed by atoms with Gasteiger partial charge in [-0.15, -0.1) is 0 Å². The van der Waals surface area contributed by atoms with Crippen LogP contribution in [0.1, 0.15) is 51.4 Å². The average Bonchev–Trinajstić information content (AvgIpc) is 3.12. The third-order valence-corrected chi connectivity index (χ3v) is 7.38. The summed E-state index contributed by atoms with van der Waals surface area (Å²) in [5.41, 5.74) is 0. The highest BCUT2D eigenvalue weighted by Gasteiger charge is 2.21. The first-order valence-electron chi connectivity index (χ1n) is 7.55. The first kappa shape index (κ1) is 15.2. The van der Waals surface area contributed by atoms with Gasteiger partial charge in [-0.05, 0) is 109 Å². The molecule has 0 aliphatic heterocycles. The Kier molecular flexibility index (Phi) is 5.34. The number of rotatable bonds is 4. The summed E-state index contributed by atoms with van der Waals surface area (Å²) in [5.74, 6) is 2.06. The molecule has 2 aliphatic rings. The van der Waals surface area contributed by atoms with E-state index in [1.807, 2.05) is 0 Å². The zero-order chi connectivity index (χ0) is 13.9. The first-order chi connectivity index (χ1) is 9.74. The normalized spacial score (nSPS) is 20.5. The zero-order valence-corrected chi connectivity index (χ0v) is 15.9. The molecule has 0 aromatic heterocycles. The maximum Gasteiger partial charge on any atom is 0.134 e. The quantitative estimate of drug-likeness (QED) is 0.508. The molecule has 1 aromatic carbocycles. The van der Waals surface area contributed by atoms with Crippen molar-refractivity contribution < 1.29 is 9.47 Å². The van der Waals surface area contributed by atoms with Crippen molar-refractivity contribution in [3.05, 3.63) is 19.3 Å². The minimum atomic E-state index is 0.418. The lowest BCUT2D eigenvalue weighted by atomic mass is 10.2. The second-order valence-corrected chi connectivity index (χ2v) is 7.90. The molecule has 0 spiro atoms. The molecule has 3 rings (SSSR count). The molecule has 0 unspecified atom stereocenters. The van der Waals surface area contributed by atoms with E-state index in [9.17, 15) is 0 Å². The molecule has 0 amide bonds. The van der Waals surface area contributed by atoms with Crippen LogP contribution < -0.4 is 9.47 Å². The molecular weight excluding hydrogens is 478 g/mol. The topological polar surface area (TPSA) is 18.5 Å². The molecule has 0 radical (unpaired) electrons. The fourth-order valence-corrected chi connectivity index (χ4v) is 4.21. The summed E-state index contributed by atoms with van der Waals surface area (Å²) in [6.45, 7) is 0. The van der Waals surface area contributed by atoms with Crippen LogP contribution in [-0.2, 0) is 0 Å². The maximum atomic E-state index is 6.14. The number of ether oxygens (including phenoxy) is 2. The van der Waals surface area contributed by atoms with Crippen molar-refractivity contribution in [3.63, 3.8) is 0 Å². The van der Waals surface area contributed by atoms with Gasteiger partial charge >= 0.3 is 0 Å². The average molecular weight is 498 g/mol. The number of hydrogen-bond donors (Lipinski definition) is 0. The predicted octanol–water partition coefficient (Wildman–Crippen LogP) is 5.54. The first-order valence-corrected chi connectivity index (χ1v) is 9.71. The van der Waals surface area contributed by atoms with Gasteiger partial charge in [0, 0.05) is 0 Å². The summed E-state index contributed by atoms with van der Waals surface area (Å²) >= 11 is 4.78. The number of halogens is 2. The highest BCUT2D eigenvalue weighted by molar-refractivity contribution is 14.1. The number of benzene rings is 1. The van der Waals surface area contributed by atoms with Gasteiger partial charge in [0.05, 0.1) is 19.3 Å². The van der Waals surface area contributed by atoms with E-state index in [2.05, 4.69) is 57.3 Å². The lowest BCUT2D eigenvalue weighted by Crippen LogP contribution is -2.14. The number of hydrogen-bond acceptors (Lipinski definition) is 2. The van der Waals surface area contributed by atoms with Crippen molar-refractivity contribution >= 4 is 45.2 Å². The Morgan fingerprint density at radius 1 is 0.700 bits per heavy atom. The third-order valence-electron chi connectivity index (χ3n) is 4.20. The standard InChI is InChI=1S/C16H20I2O2/c17-15-13(19-11-5-1-2-6-11)9-10-14(16(15)18)20-12-7-3-4-8-12/h9-12H,1-8H2. The predicted molar refractivity (Wildman–Crippen MR) is 97.6 cm³/mol. The molecule has 4 heteroatoms. The molecule has 0 bridgehead atoms. The Labute approximate surface area is 148 Å². The molecule has 0 N–H and O–H groups in total. The van der Waals surface area contributed by atoms with E-state index >= 15 is 0 Å². The summed E-state index contributed by atoms with van der Waals surface area (Å²) in [4.78, 5) is 0. The summed E-state index contributed by atoms with van der Waals surface area (Å²) in [6.07, 6.45) is 10.9. The van der Waals surface area contributed by atoms with E-state index in [0.29, 0.717) is 12.2 Å². The molecule has 2 aliphatic carbocycles. The van der Waals surface area contributed by atoms with Gasteiger partial charge in [0.1, 0.15) is 11.5 Å². The summed E-state index contributed by atoms with van der Waals surface area (Å²) < 4.78 is 14.7. The van der Waals surface area contributed by atoms with Gasteiger partial charge in [-0.3, -0.25) is 0 Å². The van der Waals surface area contributed by atoms with Gasteiger partial charge in [0.2, 0.25) is 0 Å². The lowest BCUT2D eigenvalue weighted by molar-refractivity contribution is 0.200. The second kappa shape index (κ2) is 7.03. The second-order valence-electron chi connectivity index (χ2n) is 5.74. The van der Waals surface area contributed by atoms with Crippen LogP contribution in [0.3, 0.4) is 0 Å². The molecule has 20 heavy (non-hydrogen) atoms. The molecule has 2 fully saturated rings. The van der Waals surface area contributed by atoms with E-state index < -0.39 is 0 Å². The van der Waals surface area contributed by atoms with Gasteiger partial charge in [-0.2, -0.15) is 0 Å². The SMILES string of the molecule is Ic1c(OC2CCCC2)ccc(OC2CCCC2)c1I. The summed E-state index contributed by atoms with van der Waals surface area (Å²) in [7, 11) is 0. The van der Waals surface area contributed by atoms with E-state index in [-0.39, 0.29) is 0 Å². The van der Waals surface area contributed by atoms with Crippen molar-refractivity contribution in [2.45, 2.75) is 63.6 Å². The Morgan fingerprint density at radius 3 is 1.40 bits per heavy atom. The maximum absolute atomic E-state index is 6.14. The molecule has 2 nitrogen and oxygen atoms in total. The molecule has 0 heterocycles. The highest BCUT2D eigenvalue weighted by Crippen LogP contribution is 2.36. The molecule has 110 valence electrons. The monoisotopic (exact) mass is 498 g/mol. The summed E-state index contributed by atoms with van der Waals surface area (Å²) in [6, 6.07) is 4.18. The van der Waals surface area contributed by atoms with Crippen molar-refractivity contribution in [1.82, 2.24) is 0 Å². The lowest BCUT2D eigenvalue weighted by Gasteiger charge is -2.19. The van der Waals surface area contributed by atoms with Gasteiger partial charge in [0.15, 0.2) is 0 Å². The third kappa shape index (κ3) is 3.54. The smallest absolute Gasteiger partial charge is 0.134 e. The van der Waals surface area contributed by atoms with Gasteiger partial charge in [-0.25, -0.2) is 0 Å². The molecular formula is C16H20I2O2. The van der Waals surface area contributed by atoms with Crippen molar-refractivity contribution in [2.75, 3.05) is 0 Å². The van der Waals surface area contributed by atoms with Crippen LogP contribution >= 0.6 is 45.2 Å². The van der Waals surface area contributed by atoms with Crippen LogP contribution in [-0.4, -0.2) is 12.2 Å². The summed E-state index contributed by atoms with van der Waals surface area (Å²) in [5, 5.41) is 0. The molecule has 2 saturated carbocycles. The Balaban J connectivity index is 1.71. The van der Waals surface area contributed by atoms with Crippen LogP contribution in [0.25, 0.3) is 0 Å². The highest BCUT2D eigenvalue weighted by atomic mass is 127. The molecule has 0 atom stereocenters. The van der Waals surface area contributed by atoms with E-state index in [1.165, 1.54) is 58.5 Å². The minimum absolute atomic E-state index is 0.418. The fraction of sp³-hybridized carbons (Fsp3) is 0.625. The van der Waals surface area contributed by atoms with Crippen LogP contribution in [0.2, 0.25) is 0 Å². The van der Waals surface area contributed by atoms with Crippen LogP contribution in [0.15, 0.2) is 12.1 Å². The van der Waals surface area contributed by atoms with Crippen molar-refractivity contribution in [3.8, 4) is 11.5 Å². The van der Waals surface area contributed by atoms with E-state index in [1.54, 1.807) is 0 Å². The Morgan fingerprint density at radius 2 is 1.05 bits per heavy atom. The van der Waals surface area contributed by atoms with Crippen LogP contribution in [0.4, 0.5) is 0 Å². The zero-order valence-electron chi connectivity index (χ0n) is 11.5. The largest absolute Gasteiger partial charge is 0.489 e. The van der Waals surface area contributed by atoms with Gasteiger partial charge in [-0.1, -0.05) is 0 Å².